The van der Waals surface area contributed by atoms with Gasteiger partial charge in [0.15, 0.2) is 6.61 Å². The Labute approximate surface area is 164 Å². The molecule has 2 aromatic carbocycles. The summed E-state index contributed by atoms with van der Waals surface area (Å²) in [6, 6.07) is 11.0. The van der Waals surface area contributed by atoms with Gasteiger partial charge in [0.2, 0.25) is 5.91 Å². The highest BCUT2D eigenvalue weighted by molar-refractivity contribution is 6.31. The molecule has 6 heteroatoms. The normalized spacial score (nSPS) is 13.8. The van der Waals surface area contributed by atoms with Crippen LogP contribution in [0.1, 0.15) is 31.9 Å². The van der Waals surface area contributed by atoms with Crippen molar-refractivity contribution >= 4 is 34.8 Å². The largest absolute Gasteiger partial charge is 0.482 e. The second-order valence-electron chi connectivity index (χ2n) is 7.71. The number of hydrogen-bond acceptors (Lipinski definition) is 3. The van der Waals surface area contributed by atoms with Gasteiger partial charge in [-0.15, -0.1) is 0 Å². The van der Waals surface area contributed by atoms with Gasteiger partial charge in [-0.3, -0.25) is 14.5 Å². The fourth-order valence-electron chi connectivity index (χ4n) is 2.86. The summed E-state index contributed by atoms with van der Waals surface area (Å²) < 4.78 is 5.59. The number of fused-ring (bicyclic) bond motifs is 1. The number of hydrogen-bond donors (Lipinski definition) is 1. The van der Waals surface area contributed by atoms with Crippen molar-refractivity contribution in [2.24, 2.45) is 0 Å². The molecule has 3 rings (SSSR count). The maximum Gasteiger partial charge on any atom is 0.265 e. The lowest BCUT2D eigenvalue weighted by Gasteiger charge is -2.30. The van der Waals surface area contributed by atoms with E-state index in [1.807, 2.05) is 31.2 Å². The Morgan fingerprint density at radius 2 is 1.96 bits per heavy atom. The van der Waals surface area contributed by atoms with Crippen molar-refractivity contribution in [3.8, 4) is 5.75 Å². The zero-order valence-corrected chi connectivity index (χ0v) is 16.7. The van der Waals surface area contributed by atoms with E-state index in [1.165, 1.54) is 4.90 Å². The Kier molecular flexibility index (Phi) is 5.16. The van der Waals surface area contributed by atoms with Gasteiger partial charge in [0.25, 0.3) is 5.91 Å². The quantitative estimate of drug-likeness (QED) is 0.855. The lowest BCUT2D eigenvalue weighted by atomic mass is 9.86. The molecule has 0 saturated carbocycles. The van der Waals surface area contributed by atoms with Crippen molar-refractivity contribution < 1.29 is 14.3 Å². The minimum absolute atomic E-state index is 0.0350. The summed E-state index contributed by atoms with van der Waals surface area (Å²) in [6.45, 7) is 8.06. The fourth-order valence-corrected chi connectivity index (χ4v) is 3.04. The Balaban J connectivity index is 1.79. The van der Waals surface area contributed by atoms with Crippen LogP contribution in [-0.2, 0) is 15.0 Å². The van der Waals surface area contributed by atoms with Crippen molar-refractivity contribution in [2.75, 3.05) is 23.4 Å². The molecule has 0 atom stereocenters. The number of benzene rings is 2. The average molecular weight is 387 g/mol. The number of amides is 2. The smallest absolute Gasteiger partial charge is 0.265 e. The number of carbonyl (C=O) groups excluding carboxylic acids is 2. The van der Waals surface area contributed by atoms with Crippen LogP contribution in [0.4, 0.5) is 11.4 Å². The molecule has 0 bridgehead atoms. The van der Waals surface area contributed by atoms with E-state index < -0.39 is 0 Å². The molecule has 142 valence electrons. The van der Waals surface area contributed by atoms with Gasteiger partial charge in [-0.25, -0.2) is 0 Å². The van der Waals surface area contributed by atoms with Gasteiger partial charge in [0.05, 0.1) is 5.69 Å². The number of halogens is 1. The fraction of sp³-hybridized carbons (Fsp3) is 0.333. The van der Waals surface area contributed by atoms with Crippen LogP contribution in [0.15, 0.2) is 36.4 Å². The standard InChI is InChI=1S/C21H23ClN2O3/c1-13-5-7-15(10-16(13)22)23-19(25)11-24-17-8-6-14(21(2,3)4)9-18(17)27-12-20(24)26/h5-10H,11-12H2,1-4H3,(H,23,25). The average Bonchev–Trinajstić information content (AvgIpc) is 2.59. The van der Waals surface area contributed by atoms with Crippen LogP contribution in [0.3, 0.4) is 0 Å². The maximum atomic E-state index is 12.5. The monoisotopic (exact) mass is 386 g/mol. The first-order valence-electron chi connectivity index (χ1n) is 8.79. The molecule has 0 radical (unpaired) electrons. The summed E-state index contributed by atoms with van der Waals surface area (Å²) in [5, 5.41) is 3.37. The zero-order chi connectivity index (χ0) is 19.8. The molecule has 2 aromatic rings. The summed E-state index contributed by atoms with van der Waals surface area (Å²) >= 11 is 6.10. The van der Waals surface area contributed by atoms with Gasteiger partial charge in [-0.05, 0) is 47.7 Å². The van der Waals surface area contributed by atoms with Crippen LogP contribution < -0.4 is 15.0 Å². The van der Waals surface area contributed by atoms with Crippen molar-refractivity contribution in [1.29, 1.82) is 0 Å². The third-order valence-corrected chi connectivity index (χ3v) is 4.93. The van der Waals surface area contributed by atoms with Crippen molar-refractivity contribution in [3.63, 3.8) is 0 Å². The number of rotatable bonds is 3. The summed E-state index contributed by atoms with van der Waals surface area (Å²) in [4.78, 5) is 26.2. The molecule has 1 heterocycles. The van der Waals surface area contributed by atoms with Gasteiger partial charge in [0.1, 0.15) is 12.3 Å². The van der Waals surface area contributed by atoms with E-state index in [-0.39, 0.29) is 30.4 Å². The molecule has 2 amide bonds. The van der Waals surface area contributed by atoms with E-state index in [0.29, 0.717) is 22.1 Å². The minimum atomic E-state index is -0.295. The third-order valence-electron chi connectivity index (χ3n) is 4.53. The highest BCUT2D eigenvalue weighted by atomic mass is 35.5. The summed E-state index contributed by atoms with van der Waals surface area (Å²) in [7, 11) is 0. The second-order valence-corrected chi connectivity index (χ2v) is 8.12. The second kappa shape index (κ2) is 7.24. The molecule has 1 aliphatic rings. The van der Waals surface area contributed by atoms with Crippen LogP contribution in [0, 0.1) is 6.92 Å². The molecular weight excluding hydrogens is 364 g/mol. The molecule has 1 aliphatic heterocycles. The number of nitrogens with one attached hydrogen (secondary N) is 1. The van der Waals surface area contributed by atoms with Crippen molar-refractivity contribution in [1.82, 2.24) is 0 Å². The molecular formula is C21H23ClN2O3. The number of carbonyl (C=O) groups is 2. The van der Waals surface area contributed by atoms with E-state index in [2.05, 4.69) is 26.1 Å². The highest BCUT2D eigenvalue weighted by Gasteiger charge is 2.28. The molecule has 27 heavy (non-hydrogen) atoms. The van der Waals surface area contributed by atoms with Crippen LogP contribution >= 0.6 is 11.6 Å². The van der Waals surface area contributed by atoms with E-state index in [1.54, 1.807) is 12.1 Å². The lowest BCUT2D eigenvalue weighted by molar-refractivity contribution is -0.123. The Hall–Kier alpha value is -2.53. The van der Waals surface area contributed by atoms with Crippen molar-refractivity contribution in [2.45, 2.75) is 33.1 Å². The zero-order valence-electron chi connectivity index (χ0n) is 15.9. The number of ether oxygens (including phenoxy) is 1. The van der Waals surface area contributed by atoms with Crippen molar-refractivity contribution in [3.05, 3.63) is 52.5 Å². The summed E-state index contributed by atoms with van der Waals surface area (Å²) in [5.74, 6) is 0.0762. The summed E-state index contributed by atoms with van der Waals surface area (Å²) in [6.07, 6.45) is 0. The van der Waals surface area contributed by atoms with Gasteiger partial charge in [-0.2, -0.15) is 0 Å². The maximum absolute atomic E-state index is 12.5. The molecule has 0 unspecified atom stereocenters. The van der Waals surface area contributed by atoms with E-state index in [4.69, 9.17) is 16.3 Å². The predicted molar refractivity (Wildman–Crippen MR) is 108 cm³/mol. The van der Waals surface area contributed by atoms with E-state index in [0.717, 1.165) is 11.1 Å². The topological polar surface area (TPSA) is 58.6 Å². The Morgan fingerprint density at radius 3 is 2.63 bits per heavy atom. The third kappa shape index (κ3) is 4.25. The molecule has 0 aliphatic carbocycles. The lowest BCUT2D eigenvalue weighted by Crippen LogP contribution is -2.43. The van der Waals surface area contributed by atoms with Gasteiger partial charge >= 0.3 is 0 Å². The van der Waals surface area contributed by atoms with Crippen LogP contribution in [0.2, 0.25) is 5.02 Å². The number of nitrogens with zero attached hydrogens (tertiary/aromatic N) is 1. The molecule has 5 nitrogen and oxygen atoms in total. The summed E-state index contributed by atoms with van der Waals surface area (Å²) in [5.41, 5.74) is 3.21. The van der Waals surface area contributed by atoms with Crippen LogP contribution in [0.5, 0.6) is 5.75 Å². The first kappa shape index (κ1) is 19.2. The Morgan fingerprint density at radius 1 is 1.22 bits per heavy atom. The van der Waals surface area contributed by atoms with Crippen LogP contribution in [0.25, 0.3) is 0 Å². The molecule has 0 aromatic heterocycles. The number of aryl methyl sites for hydroxylation is 1. The number of anilines is 2. The molecule has 0 saturated heterocycles. The van der Waals surface area contributed by atoms with Crippen LogP contribution in [-0.4, -0.2) is 25.0 Å². The first-order valence-corrected chi connectivity index (χ1v) is 9.16. The highest BCUT2D eigenvalue weighted by Crippen LogP contribution is 2.36. The van der Waals surface area contributed by atoms with Gasteiger partial charge in [0, 0.05) is 10.7 Å². The minimum Gasteiger partial charge on any atom is -0.482 e. The first-order chi connectivity index (χ1) is 12.6. The Bertz CT molecular complexity index is 903. The molecule has 0 fully saturated rings. The van der Waals surface area contributed by atoms with E-state index in [9.17, 15) is 9.59 Å². The SMILES string of the molecule is Cc1ccc(NC(=O)CN2C(=O)COc3cc(C(C)(C)C)ccc32)cc1Cl. The van der Waals surface area contributed by atoms with Gasteiger partial charge < -0.3 is 10.1 Å². The van der Waals surface area contributed by atoms with Gasteiger partial charge in [-0.1, -0.05) is 44.5 Å². The predicted octanol–water partition coefficient (Wildman–Crippen LogP) is 4.31. The molecule has 0 spiro atoms. The molecule has 1 N–H and O–H groups in total. The van der Waals surface area contributed by atoms with E-state index >= 15 is 0 Å².